The molecule has 5 heteroatoms. The molecule has 0 aliphatic carbocycles. The van der Waals surface area contributed by atoms with Crippen molar-refractivity contribution in [1.82, 2.24) is 0 Å². The van der Waals surface area contributed by atoms with Gasteiger partial charge < -0.3 is 24.8 Å². The number of ether oxygens (including phenoxy) is 2. The molecule has 0 aromatic heterocycles. The van der Waals surface area contributed by atoms with E-state index < -0.39 is 24.6 Å². The van der Waals surface area contributed by atoms with E-state index in [2.05, 4.69) is 0 Å². The lowest BCUT2D eigenvalue weighted by Gasteiger charge is -2.47. The molecule has 0 aromatic rings. The number of methoxy groups -OCH3 is 1. The Bertz CT molecular complexity index is 223. The highest BCUT2D eigenvalue weighted by atomic mass is 16.7. The van der Waals surface area contributed by atoms with E-state index in [0.717, 1.165) is 0 Å². The van der Waals surface area contributed by atoms with Crippen molar-refractivity contribution < 1.29 is 24.8 Å². The highest BCUT2D eigenvalue weighted by molar-refractivity contribution is 4.94. The zero-order chi connectivity index (χ0) is 12.5. The van der Waals surface area contributed by atoms with Crippen LogP contribution in [0.25, 0.3) is 0 Å². The van der Waals surface area contributed by atoms with Crippen molar-refractivity contribution >= 4 is 0 Å². The Morgan fingerprint density at radius 3 is 2.12 bits per heavy atom. The number of hydrogen-bond donors (Lipinski definition) is 3. The molecule has 1 saturated heterocycles. The van der Waals surface area contributed by atoms with E-state index >= 15 is 0 Å². The quantitative estimate of drug-likeness (QED) is 0.613. The van der Waals surface area contributed by atoms with Gasteiger partial charge in [-0.25, -0.2) is 0 Å². The van der Waals surface area contributed by atoms with Gasteiger partial charge in [0.25, 0.3) is 0 Å². The molecule has 0 aromatic carbocycles. The van der Waals surface area contributed by atoms with Crippen LogP contribution in [0.2, 0.25) is 0 Å². The highest BCUT2D eigenvalue weighted by Crippen LogP contribution is 2.38. The van der Waals surface area contributed by atoms with Gasteiger partial charge in [0.2, 0.25) is 0 Å². The molecule has 5 unspecified atom stereocenters. The van der Waals surface area contributed by atoms with Crippen LogP contribution in [0.4, 0.5) is 0 Å². The summed E-state index contributed by atoms with van der Waals surface area (Å²) in [6, 6.07) is 0. The van der Waals surface area contributed by atoms with Crippen molar-refractivity contribution in [3.8, 4) is 0 Å². The second-order valence-electron chi connectivity index (χ2n) is 5.33. The van der Waals surface area contributed by atoms with Crippen LogP contribution in [0.15, 0.2) is 0 Å². The third-order valence-corrected chi connectivity index (χ3v) is 3.12. The molecule has 3 N–H and O–H groups in total. The Hall–Kier alpha value is -0.200. The maximum absolute atomic E-state index is 10.1. The van der Waals surface area contributed by atoms with Crippen molar-refractivity contribution in [3.63, 3.8) is 0 Å². The topological polar surface area (TPSA) is 79.2 Å². The van der Waals surface area contributed by atoms with E-state index in [1.807, 2.05) is 20.8 Å². The third-order valence-electron chi connectivity index (χ3n) is 3.12. The van der Waals surface area contributed by atoms with Gasteiger partial charge in [0, 0.05) is 13.0 Å². The van der Waals surface area contributed by atoms with Crippen molar-refractivity contribution in [3.05, 3.63) is 0 Å². The fourth-order valence-electron chi connectivity index (χ4n) is 2.35. The average Bonchev–Trinajstić information content (AvgIpc) is 2.19. The Balaban J connectivity index is 2.91. The molecule has 5 atom stereocenters. The first kappa shape index (κ1) is 13.9. The Morgan fingerprint density at radius 2 is 1.75 bits per heavy atom. The minimum absolute atomic E-state index is 0.203. The lowest BCUT2D eigenvalue weighted by Crippen LogP contribution is -2.59. The Morgan fingerprint density at radius 1 is 1.19 bits per heavy atom. The summed E-state index contributed by atoms with van der Waals surface area (Å²) in [4.78, 5) is 0. The summed E-state index contributed by atoms with van der Waals surface area (Å²) >= 11 is 0. The summed E-state index contributed by atoms with van der Waals surface area (Å²) in [6.45, 7) is 5.61. The predicted octanol–water partition coefficient (Wildman–Crippen LogP) is -0.266. The molecule has 0 amide bonds. The molecule has 1 fully saturated rings. The molecular formula is C11H22O5. The zero-order valence-corrected chi connectivity index (χ0v) is 10.3. The highest BCUT2D eigenvalue weighted by Gasteiger charge is 2.48. The molecule has 0 radical (unpaired) electrons. The van der Waals surface area contributed by atoms with E-state index in [4.69, 9.17) is 9.47 Å². The fraction of sp³-hybridized carbons (Fsp3) is 1.00. The van der Waals surface area contributed by atoms with Crippen molar-refractivity contribution in [1.29, 1.82) is 0 Å². The fourth-order valence-corrected chi connectivity index (χ4v) is 2.35. The summed E-state index contributed by atoms with van der Waals surface area (Å²) in [5.74, 6) is -0.334. The molecule has 0 spiro atoms. The minimum Gasteiger partial charge on any atom is -0.394 e. The van der Waals surface area contributed by atoms with Gasteiger partial charge in [-0.15, -0.1) is 0 Å². The van der Waals surface area contributed by atoms with Gasteiger partial charge in [-0.3, -0.25) is 0 Å². The number of hydrogen-bond acceptors (Lipinski definition) is 5. The molecule has 16 heavy (non-hydrogen) atoms. The van der Waals surface area contributed by atoms with Gasteiger partial charge in [0.15, 0.2) is 6.29 Å². The van der Waals surface area contributed by atoms with E-state index in [1.165, 1.54) is 7.11 Å². The van der Waals surface area contributed by atoms with Crippen LogP contribution in [0, 0.1) is 11.3 Å². The summed E-state index contributed by atoms with van der Waals surface area (Å²) < 4.78 is 10.3. The van der Waals surface area contributed by atoms with E-state index in [-0.39, 0.29) is 17.9 Å². The Kier molecular flexibility index (Phi) is 4.31. The number of aliphatic hydroxyl groups excluding tert-OH is 3. The minimum atomic E-state index is -1.09. The SMILES string of the molecule is COC1OC(CO)C(C(C)(C)C)C(O)C1O. The summed E-state index contributed by atoms with van der Waals surface area (Å²) in [5, 5.41) is 29.1. The van der Waals surface area contributed by atoms with Gasteiger partial charge in [0.05, 0.1) is 18.8 Å². The number of rotatable bonds is 2. The largest absolute Gasteiger partial charge is 0.394 e. The van der Waals surface area contributed by atoms with Crippen LogP contribution in [0.5, 0.6) is 0 Å². The third kappa shape index (κ3) is 2.55. The van der Waals surface area contributed by atoms with E-state index in [0.29, 0.717) is 0 Å². The molecular weight excluding hydrogens is 212 g/mol. The first-order chi connectivity index (χ1) is 7.32. The smallest absolute Gasteiger partial charge is 0.186 e. The summed E-state index contributed by atoms with van der Waals surface area (Å²) in [6.07, 6.45) is -3.46. The monoisotopic (exact) mass is 234 g/mol. The first-order valence-corrected chi connectivity index (χ1v) is 5.48. The van der Waals surface area contributed by atoms with Gasteiger partial charge >= 0.3 is 0 Å². The van der Waals surface area contributed by atoms with Crippen molar-refractivity contribution in [2.45, 2.75) is 45.4 Å². The van der Waals surface area contributed by atoms with Gasteiger partial charge in [-0.2, -0.15) is 0 Å². The molecule has 1 aliphatic heterocycles. The molecule has 0 saturated carbocycles. The van der Waals surface area contributed by atoms with Gasteiger partial charge in [-0.1, -0.05) is 20.8 Å². The maximum atomic E-state index is 10.1. The average molecular weight is 234 g/mol. The molecule has 96 valence electrons. The maximum Gasteiger partial charge on any atom is 0.186 e. The van der Waals surface area contributed by atoms with Crippen LogP contribution in [-0.4, -0.2) is 53.6 Å². The molecule has 1 heterocycles. The van der Waals surface area contributed by atoms with Gasteiger partial charge in [-0.05, 0) is 5.41 Å². The van der Waals surface area contributed by atoms with Crippen LogP contribution in [0.1, 0.15) is 20.8 Å². The first-order valence-electron chi connectivity index (χ1n) is 5.48. The lowest BCUT2D eigenvalue weighted by atomic mass is 9.71. The standard InChI is InChI=1S/C11H22O5/c1-11(2,3)7-6(5-12)16-10(15-4)9(14)8(7)13/h6-10,12-14H,5H2,1-4H3. The van der Waals surface area contributed by atoms with Crippen LogP contribution >= 0.6 is 0 Å². The predicted molar refractivity (Wildman–Crippen MR) is 57.7 cm³/mol. The summed E-state index contributed by atoms with van der Waals surface area (Å²) in [5.41, 5.74) is -0.271. The Labute approximate surface area is 96.0 Å². The van der Waals surface area contributed by atoms with E-state index in [1.54, 1.807) is 0 Å². The lowest BCUT2D eigenvalue weighted by molar-refractivity contribution is -0.294. The number of aliphatic hydroxyl groups is 3. The second-order valence-corrected chi connectivity index (χ2v) is 5.33. The van der Waals surface area contributed by atoms with Crippen LogP contribution in [0.3, 0.4) is 0 Å². The second kappa shape index (κ2) is 4.98. The van der Waals surface area contributed by atoms with Crippen molar-refractivity contribution in [2.75, 3.05) is 13.7 Å². The molecule has 5 nitrogen and oxygen atoms in total. The summed E-state index contributed by atoms with van der Waals surface area (Å²) in [7, 11) is 1.40. The van der Waals surface area contributed by atoms with E-state index in [9.17, 15) is 15.3 Å². The van der Waals surface area contributed by atoms with Gasteiger partial charge in [0.1, 0.15) is 6.10 Å². The molecule has 0 bridgehead atoms. The normalized spacial score (nSPS) is 41.1. The van der Waals surface area contributed by atoms with Crippen LogP contribution in [-0.2, 0) is 9.47 Å². The molecule has 1 rings (SSSR count). The zero-order valence-electron chi connectivity index (χ0n) is 10.3. The molecule has 1 aliphatic rings. The van der Waals surface area contributed by atoms with Crippen LogP contribution < -0.4 is 0 Å². The van der Waals surface area contributed by atoms with Crippen molar-refractivity contribution in [2.24, 2.45) is 11.3 Å².